The number of fused-ring (bicyclic) bond motifs is 1. The van der Waals surface area contributed by atoms with Crippen molar-refractivity contribution in [2.75, 3.05) is 5.73 Å². The molecular formula is C19H17FN6. The van der Waals surface area contributed by atoms with E-state index in [1.54, 1.807) is 18.5 Å². The highest BCUT2D eigenvalue weighted by Crippen LogP contribution is 2.34. The van der Waals surface area contributed by atoms with E-state index in [-0.39, 0.29) is 18.3 Å². The van der Waals surface area contributed by atoms with E-state index in [4.69, 9.17) is 11.5 Å². The van der Waals surface area contributed by atoms with Gasteiger partial charge in [0.1, 0.15) is 5.82 Å². The number of benzene rings is 2. The smallest absolute Gasteiger partial charge is 0.220 e. The number of aromatic nitrogens is 4. The van der Waals surface area contributed by atoms with Gasteiger partial charge >= 0.3 is 0 Å². The summed E-state index contributed by atoms with van der Waals surface area (Å²) in [5.41, 5.74) is 17.4. The van der Waals surface area contributed by atoms with Gasteiger partial charge in [0.25, 0.3) is 0 Å². The summed E-state index contributed by atoms with van der Waals surface area (Å²) in [7, 11) is 1.93. The van der Waals surface area contributed by atoms with Crippen LogP contribution in [0, 0.1) is 5.82 Å². The van der Waals surface area contributed by atoms with Crippen molar-refractivity contribution >= 4 is 17.0 Å². The Kier molecular flexibility index (Phi) is 3.85. The first-order valence-corrected chi connectivity index (χ1v) is 8.10. The molecule has 0 amide bonds. The molecule has 2 aromatic heterocycles. The lowest BCUT2D eigenvalue weighted by molar-refractivity contribution is 0.628. The van der Waals surface area contributed by atoms with E-state index < -0.39 is 0 Å². The lowest BCUT2D eigenvalue weighted by Gasteiger charge is -2.14. The molecule has 4 N–H and O–H groups in total. The number of rotatable bonds is 3. The van der Waals surface area contributed by atoms with Crippen LogP contribution in [0.15, 0.2) is 48.8 Å². The van der Waals surface area contributed by atoms with Crippen LogP contribution in [0.4, 0.5) is 10.3 Å². The molecule has 26 heavy (non-hydrogen) atoms. The Bertz CT molecular complexity index is 1100. The molecule has 0 unspecified atom stereocenters. The van der Waals surface area contributed by atoms with E-state index >= 15 is 0 Å². The number of nitrogen functional groups attached to an aromatic ring is 1. The fraction of sp³-hybridized carbons (Fsp3) is 0.105. The van der Waals surface area contributed by atoms with Crippen LogP contribution in [0.3, 0.4) is 0 Å². The molecule has 0 saturated heterocycles. The second-order valence-electron chi connectivity index (χ2n) is 6.02. The lowest BCUT2D eigenvalue weighted by Crippen LogP contribution is -2.09. The summed E-state index contributed by atoms with van der Waals surface area (Å²) in [6.07, 6.45) is 1.76. The summed E-state index contributed by atoms with van der Waals surface area (Å²) in [6, 6.07) is 12.0. The maximum atomic E-state index is 13.3. The summed E-state index contributed by atoms with van der Waals surface area (Å²) < 4.78 is 15.3. The monoisotopic (exact) mass is 348 g/mol. The molecule has 0 radical (unpaired) electrons. The van der Waals surface area contributed by atoms with Crippen LogP contribution in [0.1, 0.15) is 5.69 Å². The maximum absolute atomic E-state index is 13.3. The first-order chi connectivity index (χ1) is 12.6. The van der Waals surface area contributed by atoms with Crippen LogP contribution in [0.5, 0.6) is 0 Å². The molecule has 4 aromatic rings. The highest BCUT2D eigenvalue weighted by Gasteiger charge is 2.17. The van der Waals surface area contributed by atoms with Crippen LogP contribution in [-0.2, 0) is 13.6 Å². The normalized spacial score (nSPS) is 11.2. The van der Waals surface area contributed by atoms with Gasteiger partial charge in [0.15, 0.2) is 0 Å². The van der Waals surface area contributed by atoms with Crippen LogP contribution < -0.4 is 11.5 Å². The topological polar surface area (TPSA) is 95.6 Å². The van der Waals surface area contributed by atoms with E-state index in [1.807, 2.05) is 29.8 Å². The van der Waals surface area contributed by atoms with Gasteiger partial charge in [-0.25, -0.2) is 19.3 Å². The van der Waals surface area contributed by atoms with Crippen molar-refractivity contribution in [2.24, 2.45) is 12.8 Å². The minimum Gasteiger partial charge on any atom is -0.368 e. The number of imidazole rings is 1. The molecule has 0 saturated carbocycles. The van der Waals surface area contributed by atoms with Gasteiger partial charge in [-0.2, -0.15) is 0 Å². The van der Waals surface area contributed by atoms with Crippen molar-refractivity contribution in [3.8, 4) is 22.4 Å². The minimum absolute atomic E-state index is 0.134. The third kappa shape index (κ3) is 2.68. The van der Waals surface area contributed by atoms with Crippen molar-refractivity contribution in [1.82, 2.24) is 19.5 Å². The van der Waals surface area contributed by atoms with Crippen LogP contribution in [0.2, 0.25) is 0 Å². The van der Waals surface area contributed by atoms with E-state index in [2.05, 4.69) is 15.0 Å². The van der Waals surface area contributed by atoms with Gasteiger partial charge in [-0.05, 0) is 42.0 Å². The van der Waals surface area contributed by atoms with E-state index in [1.165, 1.54) is 12.1 Å². The fourth-order valence-corrected chi connectivity index (χ4v) is 3.08. The summed E-state index contributed by atoms with van der Waals surface area (Å²) in [4.78, 5) is 13.1. The molecular weight excluding hydrogens is 331 g/mol. The number of aryl methyl sites for hydroxylation is 1. The second kappa shape index (κ2) is 6.20. The number of hydrogen-bond acceptors (Lipinski definition) is 5. The van der Waals surface area contributed by atoms with Crippen molar-refractivity contribution in [3.05, 3.63) is 60.3 Å². The van der Waals surface area contributed by atoms with Crippen LogP contribution in [-0.4, -0.2) is 19.5 Å². The Morgan fingerprint density at radius 1 is 1.04 bits per heavy atom. The summed E-state index contributed by atoms with van der Waals surface area (Å²) >= 11 is 0. The highest BCUT2D eigenvalue weighted by molar-refractivity contribution is 5.88. The van der Waals surface area contributed by atoms with E-state index in [0.717, 1.165) is 27.7 Å². The maximum Gasteiger partial charge on any atom is 0.220 e. The first kappa shape index (κ1) is 16.2. The van der Waals surface area contributed by atoms with Crippen molar-refractivity contribution in [1.29, 1.82) is 0 Å². The fourth-order valence-electron chi connectivity index (χ4n) is 3.08. The molecule has 0 aliphatic heterocycles. The quantitative estimate of drug-likeness (QED) is 0.593. The molecule has 0 fully saturated rings. The molecule has 2 aromatic carbocycles. The predicted octanol–water partition coefficient (Wildman–Crippen LogP) is 2.88. The van der Waals surface area contributed by atoms with Gasteiger partial charge in [-0.15, -0.1) is 0 Å². The Labute approximate surface area is 149 Å². The molecule has 0 aliphatic rings. The largest absolute Gasteiger partial charge is 0.368 e. The third-order valence-corrected chi connectivity index (χ3v) is 4.33. The van der Waals surface area contributed by atoms with Gasteiger partial charge in [0.05, 0.1) is 28.7 Å². The standard InChI is InChI=1S/C19H17FN6/c1-26-10-23-14-7-4-12(8-16(14)26)17-15(9-21)24-19(22)25-18(17)11-2-5-13(20)6-3-11/h2-8,10H,9,21H2,1H3,(H2,22,24,25). The minimum atomic E-state index is -0.312. The Hall–Kier alpha value is -3.32. The molecule has 6 nitrogen and oxygen atoms in total. The molecule has 0 atom stereocenters. The average Bonchev–Trinajstić information content (AvgIpc) is 3.02. The third-order valence-electron chi connectivity index (χ3n) is 4.33. The number of nitrogens with zero attached hydrogens (tertiary/aromatic N) is 4. The number of anilines is 1. The molecule has 2 heterocycles. The average molecular weight is 348 g/mol. The van der Waals surface area contributed by atoms with Gasteiger partial charge < -0.3 is 16.0 Å². The van der Waals surface area contributed by atoms with E-state index in [9.17, 15) is 4.39 Å². The summed E-state index contributed by atoms with van der Waals surface area (Å²) in [5, 5.41) is 0. The lowest BCUT2D eigenvalue weighted by atomic mass is 9.97. The molecule has 7 heteroatoms. The first-order valence-electron chi connectivity index (χ1n) is 8.10. The molecule has 0 spiro atoms. The Morgan fingerprint density at radius 3 is 2.50 bits per heavy atom. The Morgan fingerprint density at radius 2 is 1.77 bits per heavy atom. The highest BCUT2D eigenvalue weighted by atomic mass is 19.1. The molecule has 130 valence electrons. The van der Waals surface area contributed by atoms with Crippen molar-refractivity contribution in [2.45, 2.75) is 6.54 Å². The Balaban J connectivity index is 2.01. The van der Waals surface area contributed by atoms with Gasteiger partial charge in [0, 0.05) is 24.7 Å². The molecule has 0 aliphatic carbocycles. The number of hydrogen-bond donors (Lipinski definition) is 2. The molecule has 4 rings (SSSR count). The van der Waals surface area contributed by atoms with Crippen LogP contribution >= 0.6 is 0 Å². The SMILES string of the molecule is Cn1cnc2ccc(-c3c(CN)nc(N)nc3-c3ccc(F)cc3)cc21. The number of halogens is 1. The van der Waals surface area contributed by atoms with Crippen molar-refractivity contribution in [3.63, 3.8) is 0 Å². The van der Waals surface area contributed by atoms with E-state index in [0.29, 0.717) is 11.4 Å². The van der Waals surface area contributed by atoms with Crippen LogP contribution in [0.25, 0.3) is 33.4 Å². The zero-order valence-corrected chi connectivity index (χ0v) is 14.1. The number of nitrogens with two attached hydrogens (primary N) is 2. The van der Waals surface area contributed by atoms with Gasteiger partial charge in [0.2, 0.25) is 5.95 Å². The second-order valence-corrected chi connectivity index (χ2v) is 6.02. The van der Waals surface area contributed by atoms with Gasteiger partial charge in [-0.3, -0.25) is 0 Å². The summed E-state index contributed by atoms with van der Waals surface area (Å²) in [5.74, 6) is -0.178. The summed E-state index contributed by atoms with van der Waals surface area (Å²) in [6.45, 7) is 0.208. The predicted molar refractivity (Wildman–Crippen MR) is 99.4 cm³/mol. The van der Waals surface area contributed by atoms with Gasteiger partial charge in [-0.1, -0.05) is 6.07 Å². The zero-order valence-electron chi connectivity index (χ0n) is 14.1. The zero-order chi connectivity index (χ0) is 18.3. The van der Waals surface area contributed by atoms with Crippen molar-refractivity contribution < 1.29 is 4.39 Å². The molecule has 0 bridgehead atoms.